The van der Waals surface area contributed by atoms with Gasteiger partial charge >= 0.3 is 0 Å². The Morgan fingerprint density at radius 2 is 1.93 bits per heavy atom. The third kappa shape index (κ3) is 4.64. The number of amides is 1. The van der Waals surface area contributed by atoms with Crippen LogP contribution in [0.4, 0.5) is 10.3 Å². The van der Waals surface area contributed by atoms with Gasteiger partial charge in [0.05, 0.1) is 6.61 Å². The van der Waals surface area contributed by atoms with Crippen molar-refractivity contribution in [1.29, 1.82) is 0 Å². The maximum absolute atomic E-state index is 13.7. The van der Waals surface area contributed by atoms with E-state index in [0.29, 0.717) is 18.6 Å². The Morgan fingerprint density at radius 1 is 1.18 bits per heavy atom. The van der Waals surface area contributed by atoms with E-state index in [2.05, 4.69) is 15.5 Å². The van der Waals surface area contributed by atoms with Crippen molar-refractivity contribution in [1.82, 2.24) is 10.1 Å². The topological polar surface area (TPSA) is 86.5 Å². The zero-order chi connectivity index (χ0) is 19.9. The Labute approximate surface area is 161 Å². The number of para-hydroxylation sites is 1. The summed E-state index contributed by atoms with van der Waals surface area (Å²) < 4.78 is 29.8. The van der Waals surface area contributed by atoms with Crippen LogP contribution >= 0.6 is 0 Å². The number of ether oxygens (including phenoxy) is 2. The van der Waals surface area contributed by atoms with Crippen LogP contribution in [0.1, 0.15) is 20.3 Å². The fraction of sp³-hybridized carbons (Fsp3) is 0.250. The van der Waals surface area contributed by atoms with E-state index in [1.54, 1.807) is 43.3 Å². The van der Waals surface area contributed by atoms with Gasteiger partial charge < -0.3 is 14.0 Å². The molecule has 0 saturated heterocycles. The molecule has 0 saturated carbocycles. The first-order chi connectivity index (χ1) is 13.6. The molecule has 1 atom stereocenters. The summed E-state index contributed by atoms with van der Waals surface area (Å²) in [6.07, 6.45) is -0.562. The fourth-order valence-corrected chi connectivity index (χ4v) is 2.46. The molecule has 0 spiro atoms. The Kier molecular flexibility index (Phi) is 6.21. The van der Waals surface area contributed by atoms with Crippen molar-refractivity contribution >= 4 is 11.9 Å². The third-order valence-corrected chi connectivity index (χ3v) is 3.84. The first kappa shape index (κ1) is 19.3. The quantitative estimate of drug-likeness (QED) is 0.629. The molecule has 0 aliphatic carbocycles. The molecular weight excluding hydrogens is 365 g/mol. The lowest BCUT2D eigenvalue weighted by molar-refractivity contribution is -0.123. The van der Waals surface area contributed by atoms with Crippen LogP contribution in [0.25, 0.3) is 11.5 Å². The molecule has 7 nitrogen and oxygen atoms in total. The summed E-state index contributed by atoms with van der Waals surface area (Å²) in [6, 6.07) is 13.0. The summed E-state index contributed by atoms with van der Waals surface area (Å²) in [5.74, 6) is -0.0372. The minimum atomic E-state index is -0.899. The van der Waals surface area contributed by atoms with Gasteiger partial charge in [0.15, 0.2) is 17.7 Å². The highest BCUT2D eigenvalue weighted by Crippen LogP contribution is 2.22. The largest absolute Gasteiger partial charge is 0.494 e. The summed E-state index contributed by atoms with van der Waals surface area (Å²) in [5.41, 5.74) is 0.686. The molecule has 1 heterocycles. The normalized spacial score (nSPS) is 11.7. The van der Waals surface area contributed by atoms with Gasteiger partial charge in [-0.1, -0.05) is 19.1 Å². The minimum Gasteiger partial charge on any atom is -0.494 e. The van der Waals surface area contributed by atoms with E-state index in [9.17, 15) is 9.18 Å². The number of hydrogen-bond donors (Lipinski definition) is 1. The molecule has 1 amide bonds. The summed E-state index contributed by atoms with van der Waals surface area (Å²) in [6.45, 7) is 4.23. The molecule has 0 fully saturated rings. The molecule has 1 aromatic heterocycles. The van der Waals surface area contributed by atoms with Crippen molar-refractivity contribution in [3.8, 4) is 23.0 Å². The van der Waals surface area contributed by atoms with E-state index in [0.717, 1.165) is 5.75 Å². The van der Waals surface area contributed by atoms with E-state index in [4.69, 9.17) is 14.0 Å². The van der Waals surface area contributed by atoms with Crippen molar-refractivity contribution in [3.63, 3.8) is 0 Å². The maximum Gasteiger partial charge on any atom is 0.270 e. The summed E-state index contributed by atoms with van der Waals surface area (Å²) >= 11 is 0. The van der Waals surface area contributed by atoms with E-state index in [1.807, 2.05) is 6.92 Å². The fourth-order valence-electron chi connectivity index (χ4n) is 2.46. The molecular formula is C20H20FN3O4. The molecule has 0 aliphatic heterocycles. The van der Waals surface area contributed by atoms with Gasteiger partial charge in [-0.3, -0.25) is 10.1 Å². The standard InChI is InChI=1S/C20H20FN3O4/c1-3-16(27-17-8-6-5-7-15(17)21)18(25)22-20-23-19(28-24-20)13-9-11-14(12-10-13)26-4-2/h5-12,16H,3-4H2,1-2H3,(H,22,24,25). The third-order valence-electron chi connectivity index (χ3n) is 3.84. The second-order valence-electron chi connectivity index (χ2n) is 5.81. The summed E-state index contributed by atoms with van der Waals surface area (Å²) in [7, 11) is 0. The highest BCUT2D eigenvalue weighted by molar-refractivity contribution is 5.92. The molecule has 0 bridgehead atoms. The minimum absolute atomic E-state index is 0.00414. The van der Waals surface area contributed by atoms with Gasteiger partial charge in [0.2, 0.25) is 0 Å². The van der Waals surface area contributed by atoms with Gasteiger partial charge in [-0.25, -0.2) is 4.39 Å². The van der Waals surface area contributed by atoms with Crippen molar-refractivity contribution in [2.24, 2.45) is 0 Å². The van der Waals surface area contributed by atoms with Gasteiger partial charge in [0.25, 0.3) is 17.7 Å². The molecule has 1 N–H and O–H groups in total. The molecule has 3 aromatic rings. The Balaban J connectivity index is 1.66. The van der Waals surface area contributed by atoms with Crippen LogP contribution in [0.15, 0.2) is 53.1 Å². The lowest BCUT2D eigenvalue weighted by Crippen LogP contribution is -2.33. The average molecular weight is 385 g/mol. The first-order valence-electron chi connectivity index (χ1n) is 8.89. The van der Waals surface area contributed by atoms with Crippen LogP contribution in [0.3, 0.4) is 0 Å². The van der Waals surface area contributed by atoms with Crippen LogP contribution in [0.2, 0.25) is 0 Å². The van der Waals surface area contributed by atoms with Crippen LogP contribution in [-0.4, -0.2) is 28.8 Å². The smallest absolute Gasteiger partial charge is 0.270 e. The number of anilines is 1. The van der Waals surface area contributed by atoms with Gasteiger partial charge in [0.1, 0.15) is 5.75 Å². The highest BCUT2D eigenvalue weighted by Gasteiger charge is 2.22. The Hall–Kier alpha value is -3.42. The predicted octanol–water partition coefficient (Wildman–Crippen LogP) is 4.07. The highest BCUT2D eigenvalue weighted by atomic mass is 19.1. The van der Waals surface area contributed by atoms with E-state index >= 15 is 0 Å². The Morgan fingerprint density at radius 3 is 2.61 bits per heavy atom. The van der Waals surface area contributed by atoms with E-state index in [1.165, 1.54) is 12.1 Å². The number of benzene rings is 2. The first-order valence-corrected chi connectivity index (χ1v) is 8.89. The lowest BCUT2D eigenvalue weighted by Gasteiger charge is -2.16. The van der Waals surface area contributed by atoms with Crippen LogP contribution in [0, 0.1) is 5.82 Å². The number of rotatable bonds is 8. The second kappa shape index (κ2) is 8.98. The molecule has 8 heteroatoms. The number of aromatic nitrogens is 2. The summed E-state index contributed by atoms with van der Waals surface area (Å²) in [5, 5.41) is 6.28. The molecule has 146 valence electrons. The van der Waals surface area contributed by atoms with Crippen molar-refractivity contribution in [2.45, 2.75) is 26.4 Å². The second-order valence-corrected chi connectivity index (χ2v) is 5.81. The van der Waals surface area contributed by atoms with Gasteiger partial charge in [0, 0.05) is 5.56 Å². The molecule has 1 unspecified atom stereocenters. The lowest BCUT2D eigenvalue weighted by atomic mass is 10.2. The maximum atomic E-state index is 13.7. The van der Waals surface area contributed by atoms with Crippen molar-refractivity contribution in [2.75, 3.05) is 11.9 Å². The number of halogens is 1. The zero-order valence-electron chi connectivity index (χ0n) is 15.5. The van der Waals surface area contributed by atoms with Crippen LogP contribution in [-0.2, 0) is 4.79 Å². The van der Waals surface area contributed by atoms with Crippen molar-refractivity contribution in [3.05, 3.63) is 54.3 Å². The average Bonchev–Trinajstić information content (AvgIpc) is 3.16. The molecule has 0 radical (unpaired) electrons. The number of carbonyl (C=O) groups excluding carboxylic acids is 1. The van der Waals surface area contributed by atoms with E-state index in [-0.39, 0.29) is 17.6 Å². The molecule has 3 rings (SSSR count). The van der Waals surface area contributed by atoms with Gasteiger partial charge in [-0.05, 0) is 54.9 Å². The van der Waals surface area contributed by atoms with Gasteiger partial charge in [-0.2, -0.15) is 4.98 Å². The number of hydrogen-bond acceptors (Lipinski definition) is 6. The number of carbonyl (C=O) groups is 1. The van der Waals surface area contributed by atoms with Gasteiger partial charge in [-0.15, -0.1) is 0 Å². The number of nitrogens with one attached hydrogen (secondary N) is 1. The molecule has 2 aromatic carbocycles. The number of nitrogens with zero attached hydrogens (tertiary/aromatic N) is 2. The SMILES string of the molecule is CCOc1ccc(-c2nc(NC(=O)C(CC)Oc3ccccc3F)no2)cc1. The monoisotopic (exact) mass is 385 g/mol. The van der Waals surface area contributed by atoms with Crippen molar-refractivity contribution < 1.29 is 23.2 Å². The van der Waals surface area contributed by atoms with Crippen LogP contribution < -0.4 is 14.8 Å². The molecule has 28 heavy (non-hydrogen) atoms. The Bertz CT molecular complexity index is 927. The van der Waals surface area contributed by atoms with E-state index < -0.39 is 17.8 Å². The zero-order valence-corrected chi connectivity index (χ0v) is 15.5. The summed E-state index contributed by atoms with van der Waals surface area (Å²) in [4.78, 5) is 16.6. The van der Waals surface area contributed by atoms with Crippen LogP contribution in [0.5, 0.6) is 11.5 Å². The predicted molar refractivity (Wildman–Crippen MR) is 101 cm³/mol. The molecule has 0 aliphatic rings.